The summed E-state index contributed by atoms with van der Waals surface area (Å²) in [6.45, 7) is 6.64. The van der Waals surface area contributed by atoms with Crippen LogP contribution >= 0.6 is 0 Å². The van der Waals surface area contributed by atoms with Crippen LogP contribution in [0, 0.1) is 11.2 Å². The van der Waals surface area contributed by atoms with Crippen LogP contribution in [0.15, 0.2) is 36.4 Å². The topological polar surface area (TPSA) is 26.3 Å². The minimum absolute atomic E-state index is 0.116. The van der Waals surface area contributed by atoms with Crippen LogP contribution in [0.5, 0.6) is 0 Å². The lowest BCUT2D eigenvalue weighted by atomic mass is 9.93. The van der Waals surface area contributed by atoms with Gasteiger partial charge in [-0.2, -0.15) is 0 Å². The Morgan fingerprint density at radius 1 is 1.10 bits per heavy atom. The molecule has 2 aromatic carbocycles. The molecule has 106 valence electrons. The van der Waals surface area contributed by atoms with Crippen molar-refractivity contribution in [3.8, 4) is 0 Å². The van der Waals surface area contributed by atoms with Gasteiger partial charge in [-0.1, -0.05) is 45.0 Å². The summed E-state index contributed by atoms with van der Waals surface area (Å²) < 4.78 is 19.0. The molecule has 0 saturated carbocycles. The number of esters is 1. The molecule has 0 heterocycles. The van der Waals surface area contributed by atoms with Gasteiger partial charge < -0.3 is 4.74 Å². The van der Waals surface area contributed by atoms with Crippen LogP contribution in [-0.2, 0) is 4.74 Å². The van der Waals surface area contributed by atoms with Crippen molar-refractivity contribution in [2.24, 2.45) is 5.41 Å². The SMILES string of the molecule is CC(C)(C)CCOC(=O)c1ccc(F)c2ccccc12. The molecular weight excluding hydrogens is 255 g/mol. The Kier molecular flexibility index (Phi) is 4.07. The Hall–Kier alpha value is -1.90. The van der Waals surface area contributed by atoms with E-state index in [1.54, 1.807) is 24.3 Å². The minimum atomic E-state index is -0.398. The highest BCUT2D eigenvalue weighted by molar-refractivity contribution is 6.04. The number of fused-ring (bicyclic) bond motifs is 1. The van der Waals surface area contributed by atoms with Crippen LogP contribution < -0.4 is 0 Å². The van der Waals surface area contributed by atoms with Crippen molar-refractivity contribution in [1.82, 2.24) is 0 Å². The van der Waals surface area contributed by atoms with Crippen molar-refractivity contribution in [3.63, 3.8) is 0 Å². The maximum absolute atomic E-state index is 13.7. The number of carbonyl (C=O) groups excluding carboxylic acids is 1. The fourth-order valence-corrected chi connectivity index (χ4v) is 1.97. The van der Waals surface area contributed by atoms with Crippen LogP contribution in [0.3, 0.4) is 0 Å². The lowest BCUT2D eigenvalue weighted by molar-refractivity contribution is 0.0467. The molecule has 0 bridgehead atoms. The summed E-state index contributed by atoms with van der Waals surface area (Å²) in [6.07, 6.45) is 0.790. The van der Waals surface area contributed by atoms with E-state index >= 15 is 0 Å². The molecule has 0 aliphatic heterocycles. The van der Waals surface area contributed by atoms with Crippen LogP contribution in [-0.4, -0.2) is 12.6 Å². The first-order valence-corrected chi connectivity index (χ1v) is 6.73. The maximum Gasteiger partial charge on any atom is 0.338 e. The van der Waals surface area contributed by atoms with Crippen molar-refractivity contribution in [1.29, 1.82) is 0 Å². The summed E-state index contributed by atoms with van der Waals surface area (Å²) in [6, 6.07) is 9.73. The highest BCUT2D eigenvalue weighted by Crippen LogP contribution is 2.23. The summed E-state index contributed by atoms with van der Waals surface area (Å²) >= 11 is 0. The number of halogens is 1. The van der Waals surface area contributed by atoms with Gasteiger partial charge in [0.25, 0.3) is 0 Å². The zero-order valence-corrected chi connectivity index (χ0v) is 12.1. The summed E-state index contributed by atoms with van der Waals surface area (Å²) in [7, 11) is 0. The summed E-state index contributed by atoms with van der Waals surface area (Å²) in [5.41, 5.74) is 0.529. The van der Waals surface area contributed by atoms with Crippen LogP contribution in [0.2, 0.25) is 0 Å². The van der Waals surface area contributed by atoms with Crippen LogP contribution in [0.1, 0.15) is 37.6 Å². The molecule has 0 spiro atoms. The van der Waals surface area contributed by atoms with Gasteiger partial charge in [0, 0.05) is 5.39 Å². The Morgan fingerprint density at radius 2 is 1.75 bits per heavy atom. The third-order valence-electron chi connectivity index (χ3n) is 3.18. The van der Waals surface area contributed by atoms with Gasteiger partial charge in [0.1, 0.15) is 5.82 Å². The molecule has 0 fully saturated rings. The van der Waals surface area contributed by atoms with Gasteiger partial charge in [-0.25, -0.2) is 9.18 Å². The van der Waals surface area contributed by atoms with Crippen LogP contribution in [0.25, 0.3) is 10.8 Å². The highest BCUT2D eigenvalue weighted by atomic mass is 19.1. The fourth-order valence-electron chi connectivity index (χ4n) is 1.97. The van der Waals surface area contributed by atoms with Crippen LogP contribution in [0.4, 0.5) is 4.39 Å². The molecule has 2 aromatic rings. The number of rotatable bonds is 3. The summed E-state index contributed by atoms with van der Waals surface area (Å²) in [5, 5.41) is 1.03. The molecule has 0 atom stereocenters. The molecule has 2 rings (SSSR count). The molecule has 0 unspecified atom stereocenters. The second kappa shape index (κ2) is 5.61. The summed E-state index contributed by atoms with van der Waals surface area (Å²) in [4.78, 5) is 12.1. The van der Waals surface area contributed by atoms with Crippen molar-refractivity contribution in [2.75, 3.05) is 6.61 Å². The normalized spacial score (nSPS) is 11.6. The maximum atomic E-state index is 13.7. The Bertz CT molecular complexity index is 626. The van der Waals surface area contributed by atoms with E-state index in [4.69, 9.17) is 4.74 Å². The largest absolute Gasteiger partial charge is 0.462 e. The number of benzene rings is 2. The number of ether oxygens (including phenoxy) is 1. The van der Waals surface area contributed by atoms with E-state index in [1.165, 1.54) is 12.1 Å². The molecule has 2 nitrogen and oxygen atoms in total. The first-order chi connectivity index (χ1) is 9.38. The van der Waals surface area contributed by atoms with Crippen molar-refractivity contribution in [2.45, 2.75) is 27.2 Å². The standard InChI is InChI=1S/C17H19FO2/c1-17(2,3)10-11-20-16(19)14-8-9-15(18)13-7-5-4-6-12(13)14/h4-9H,10-11H2,1-3H3. The third kappa shape index (κ3) is 3.35. The summed E-state index contributed by atoms with van der Waals surface area (Å²) in [5.74, 6) is -0.725. The quantitative estimate of drug-likeness (QED) is 0.766. The van der Waals surface area contributed by atoms with Crippen molar-refractivity contribution >= 4 is 16.7 Å². The zero-order chi connectivity index (χ0) is 14.8. The second-order valence-electron chi connectivity index (χ2n) is 6.09. The Labute approximate surface area is 118 Å². The monoisotopic (exact) mass is 274 g/mol. The zero-order valence-electron chi connectivity index (χ0n) is 12.1. The average molecular weight is 274 g/mol. The predicted octanol–water partition coefficient (Wildman–Crippen LogP) is 4.57. The number of hydrogen-bond donors (Lipinski definition) is 0. The lowest BCUT2D eigenvalue weighted by Crippen LogP contribution is -2.13. The molecule has 0 aliphatic rings. The Morgan fingerprint density at radius 3 is 2.40 bits per heavy atom. The molecule has 0 aliphatic carbocycles. The van der Waals surface area contributed by atoms with E-state index in [9.17, 15) is 9.18 Å². The van der Waals surface area contributed by atoms with Gasteiger partial charge in [0.05, 0.1) is 12.2 Å². The number of hydrogen-bond acceptors (Lipinski definition) is 2. The van der Waals surface area contributed by atoms with E-state index in [0.717, 1.165) is 6.42 Å². The molecule has 0 radical (unpaired) electrons. The second-order valence-corrected chi connectivity index (χ2v) is 6.09. The highest BCUT2D eigenvalue weighted by Gasteiger charge is 2.15. The van der Waals surface area contributed by atoms with E-state index in [0.29, 0.717) is 22.9 Å². The third-order valence-corrected chi connectivity index (χ3v) is 3.18. The molecule has 0 saturated heterocycles. The number of carbonyl (C=O) groups is 1. The van der Waals surface area contributed by atoms with Crippen molar-refractivity contribution < 1.29 is 13.9 Å². The molecule has 3 heteroatoms. The average Bonchev–Trinajstić information content (AvgIpc) is 2.38. The van der Waals surface area contributed by atoms with E-state index < -0.39 is 5.97 Å². The van der Waals surface area contributed by atoms with Gasteiger partial charge in [-0.15, -0.1) is 0 Å². The smallest absolute Gasteiger partial charge is 0.338 e. The Balaban J connectivity index is 2.21. The van der Waals surface area contributed by atoms with Gasteiger partial charge in [-0.05, 0) is 29.4 Å². The van der Waals surface area contributed by atoms with Gasteiger partial charge in [0.2, 0.25) is 0 Å². The van der Waals surface area contributed by atoms with Gasteiger partial charge in [0.15, 0.2) is 0 Å². The fraction of sp³-hybridized carbons (Fsp3) is 0.353. The predicted molar refractivity (Wildman–Crippen MR) is 78.3 cm³/mol. The minimum Gasteiger partial charge on any atom is -0.462 e. The molecule has 0 amide bonds. The molecule has 20 heavy (non-hydrogen) atoms. The van der Waals surface area contributed by atoms with Gasteiger partial charge >= 0.3 is 5.97 Å². The first kappa shape index (κ1) is 14.5. The van der Waals surface area contributed by atoms with E-state index in [-0.39, 0.29) is 11.2 Å². The first-order valence-electron chi connectivity index (χ1n) is 6.73. The van der Waals surface area contributed by atoms with Gasteiger partial charge in [-0.3, -0.25) is 0 Å². The van der Waals surface area contributed by atoms with E-state index in [1.807, 2.05) is 0 Å². The van der Waals surface area contributed by atoms with Crippen molar-refractivity contribution in [3.05, 3.63) is 47.8 Å². The molecule has 0 aromatic heterocycles. The van der Waals surface area contributed by atoms with E-state index in [2.05, 4.69) is 20.8 Å². The lowest BCUT2D eigenvalue weighted by Gasteiger charge is -2.17. The molecule has 0 N–H and O–H groups in total. The molecular formula is C17H19FO2.